The van der Waals surface area contributed by atoms with Crippen LogP contribution in [0.5, 0.6) is 11.5 Å². The van der Waals surface area contributed by atoms with E-state index in [0.717, 1.165) is 56.7 Å². The van der Waals surface area contributed by atoms with Gasteiger partial charge in [-0.3, -0.25) is 9.59 Å². The van der Waals surface area contributed by atoms with Gasteiger partial charge in [-0.2, -0.15) is 0 Å². The van der Waals surface area contributed by atoms with Crippen LogP contribution in [0.4, 0.5) is 11.4 Å². The lowest BCUT2D eigenvalue weighted by molar-refractivity contribution is 0.304. The van der Waals surface area contributed by atoms with E-state index in [2.05, 4.69) is 24.5 Å². The molecule has 2 N–H and O–H groups in total. The SMILES string of the molecule is CCCCCCCCCCCCCCOc1ccc(NCCCCCNc2ccc(OCCCCCCCCCCCCCC)ccc2=O)c(=O)cc1. The molecule has 0 spiro atoms. The fraction of sp³-hybridized carbons (Fsp3) is 0.702. The average molecular weight is 735 g/mol. The van der Waals surface area contributed by atoms with Crippen LogP contribution in [0.3, 0.4) is 0 Å². The largest absolute Gasteiger partial charge is 0.494 e. The summed E-state index contributed by atoms with van der Waals surface area (Å²) in [6, 6.07) is 14.2. The molecule has 0 amide bonds. The highest BCUT2D eigenvalue weighted by molar-refractivity contribution is 5.45. The second-order valence-corrected chi connectivity index (χ2v) is 15.1. The molecule has 0 saturated carbocycles. The van der Waals surface area contributed by atoms with Gasteiger partial charge in [0.2, 0.25) is 10.9 Å². The standard InChI is InChI=1S/C47H78N2O4/c1-3-5-7-9-11-13-15-17-19-21-23-28-40-52-42-30-34-44(46(50)36-32-42)48-38-26-25-27-39-49-45-35-31-43(33-37-47(45)51)53-41-29-24-22-20-18-16-14-12-10-8-6-4-2/h30-37H,3-29,38-41H2,1-2H3,(H,48,50)(H,49,51). The smallest absolute Gasteiger partial charge is 0.201 e. The number of hydrogen-bond donors (Lipinski definition) is 2. The van der Waals surface area contributed by atoms with Gasteiger partial charge in [0.25, 0.3) is 0 Å². The van der Waals surface area contributed by atoms with Crippen LogP contribution in [-0.2, 0) is 0 Å². The third-order valence-corrected chi connectivity index (χ3v) is 10.2. The van der Waals surface area contributed by atoms with E-state index in [-0.39, 0.29) is 10.9 Å². The molecule has 0 radical (unpaired) electrons. The lowest BCUT2D eigenvalue weighted by atomic mass is 10.1. The van der Waals surface area contributed by atoms with Gasteiger partial charge in [-0.25, -0.2) is 0 Å². The summed E-state index contributed by atoms with van der Waals surface area (Å²) in [4.78, 5) is 25.1. The molecule has 2 rings (SSSR count). The maximum atomic E-state index is 12.6. The zero-order valence-corrected chi connectivity index (χ0v) is 34.2. The third kappa shape index (κ3) is 25.6. The van der Waals surface area contributed by atoms with Crippen LogP contribution >= 0.6 is 0 Å². The Labute approximate surface area is 324 Å². The van der Waals surface area contributed by atoms with E-state index in [9.17, 15) is 9.59 Å². The normalized spacial score (nSPS) is 11.1. The van der Waals surface area contributed by atoms with Crippen LogP contribution in [0, 0.1) is 0 Å². The summed E-state index contributed by atoms with van der Waals surface area (Å²) in [7, 11) is 0. The maximum Gasteiger partial charge on any atom is 0.201 e. The number of rotatable bonds is 36. The van der Waals surface area contributed by atoms with Gasteiger partial charge in [0.05, 0.1) is 24.6 Å². The predicted molar refractivity (Wildman–Crippen MR) is 229 cm³/mol. The minimum absolute atomic E-state index is 0.0239. The Morgan fingerprint density at radius 1 is 0.358 bits per heavy atom. The Morgan fingerprint density at radius 2 is 0.642 bits per heavy atom. The first kappa shape index (κ1) is 46.1. The Bertz CT molecular complexity index is 1170. The Hall–Kier alpha value is -3.02. The van der Waals surface area contributed by atoms with Gasteiger partial charge in [0, 0.05) is 13.1 Å². The lowest BCUT2D eigenvalue weighted by Crippen LogP contribution is -2.11. The molecule has 0 unspecified atom stereocenters. The van der Waals surface area contributed by atoms with E-state index < -0.39 is 0 Å². The number of nitrogens with one attached hydrogen (secondary N) is 2. The van der Waals surface area contributed by atoms with Crippen molar-refractivity contribution in [2.24, 2.45) is 0 Å². The van der Waals surface area contributed by atoms with Crippen molar-refractivity contribution in [3.63, 3.8) is 0 Å². The van der Waals surface area contributed by atoms with E-state index >= 15 is 0 Å². The second-order valence-electron chi connectivity index (χ2n) is 15.1. The summed E-state index contributed by atoms with van der Waals surface area (Å²) < 4.78 is 11.9. The quantitative estimate of drug-likeness (QED) is 0.0679. The van der Waals surface area contributed by atoms with Gasteiger partial charge in [0.1, 0.15) is 11.5 Å². The van der Waals surface area contributed by atoms with E-state index in [1.165, 1.54) is 141 Å². The van der Waals surface area contributed by atoms with E-state index in [0.29, 0.717) is 24.6 Å². The summed E-state index contributed by atoms with van der Waals surface area (Å²) in [6.45, 7) is 7.37. The first-order chi connectivity index (χ1) is 26.1. The van der Waals surface area contributed by atoms with E-state index in [1.54, 1.807) is 24.3 Å². The summed E-state index contributed by atoms with van der Waals surface area (Å²) in [5.74, 6) is 1.49. The molecule has 0 fully saturated rings. The van der Waals surface area contributed by atoms with Crippen LogP contribution in [0.15, 0.2) is 58.1 Å². The van der Waals surface area contributed by atoms with Crippen molar-refractivity contribution in [3.05, 3.63) is 69.0 Å². The molecule has 0 aliphatic carbocycles. The summed E-state index contributed by atoms with van der Waals surface area (Å²) in [5, 5.41) is 6.60. The van der Waals surface area contributed by atoms with Gasteiger partial charge >= 0.3 is 0 Å². The fourth-order valence-electron chi connectivity index (χ4n) is 6.73. The molecule has 2 aromatic carbocycles. The highest BCUT2D eigenvalue weighted by Crippen LogP contribution is 2.16. The van der Waals surface area contributed by atoms with Crippen molar-refractivity contribution in [1.82, 2.24) is 0 Å². The molecule has 0 atom stereocenters. The van der Waals surface area contributed by atoms with Crippen LogP contribution in [-0.4, -0.2) is 26.3 Å². The maximum absolute atomic E-state index is 12.6. The van der Waals surface area contributed by atoms with Crippen molar-refractivity contribution in [1.29, 1.82) is 0 Å². The van der Waals surface area contributed by atoms with Crippen LogP contribution in [0.2, 0.25) is 0 Å². The molecule has 0 saturated heterocycles. The van der Waals surface area contributed by atoms with Crippen molar-refractivity contribution >= 4 is 11.4 Å². The first-order valence-corrected chi connectivity index (χ1v) is 22.2. The summed E-state index contributed by atoms with van der Waals surface area (Å²) in [5.41, 5.74) is 1.16. The number of hydrogen-bond acceptors (Lipinski definition) is 6. The molecule has 0 aliphatic heterocycles. The van der Waals surface area contributed by atoms with Gasteiger partial charge < -0.3 is 20.1 Å². The molecule has 6 nitrogen and oxygen atoms in total. The van der Waals surface area contributed by atoms with Crippen LogP contribution in [0.1, 0.15) is 187 Å². The molecule has 300 valence electrons. The van der Waals surface area contributed by atoms with Gasteiger partial charge in [0.15, 0.2) is 0 Å². The lowest BCUT2D eigenvalue weighted by Gasteiger charge is -2.06. The molecule has 6 heteroatoms. The fourth-order valence-corrected chi connectivity index (χ4v) is 6.73. The summed E-state index contributed by atoms with van der Waals surface area (Å²) in [6.07, 6.45) is 34.6. The van der Waals surface area contributed by atoms with E-state index in [1.807, 2.05) is 24.3 Å². The molecule has 2 aromatic rings. The van der Waals surface area contributed by atoms with Crippen LogP contribution in [0.25, 0.3) is 0 Å². The molecule has 0 aliphatic rings. The Balaban J connectivity index is 1.50. The number of ether oxygens (including phenoxy) is 2. The molecular weight excluding hydrogens is 657 g/mol. The average Bonchev–Trinajstić information content (AvgIpc) is 3.45. The van der Waals surface area contributed by atoms with Crippen molar-refractivity contribution in [2.45, 2.75) is 187 Å². The number of unbranched alkanes of at least 4 members (excludes halogenated alkanes) is 24. The highest BCUT2D eigenvalue weighted by atomic mass is 16.5. The second kappa shape index (κ2) is 33.5. The molecule has 0 heterocycles. The first-order valence-electron chi connectivity index (χ1n) is 22.2. The topological polar surface area (TPSA) is 76.7 Å². The summed E-state index contributed by atoms with van der Waals surface area (Å²) >= 11 is 0. The zero-order chi connectivity index (χ0) is 37.9. The minimum Gasteiger partial charge on any atom is -0.494 e. The molecule has 0 bridgehead atoms. The van der Waals surface area contributed by atoms with Crippen molar-refractivity contribution in [3.8, 4) is 11.5 Å². The molecule has 53 heavy (non-hydrogen) atoms. The van der Waals surface area contributed by atoms with Crippen molar-refractivity contribution in [2.75, 3.05) is 36.9 Å². The van der Waals surface area contributed by atoms with Crippen LogP contribution < -0.4 is 31.0 Å². The zero-order valence-electron chi connectivity index (χ0n) is 34.2. The highest BCUT2D eigenvalue weighted by Gasteiger charge is 2.02. The monoisotopic (exact) mass is 735 g/mol. The Morgan fingerprint density at radius 3 is 0.981 bits per heavy atom. The third-order valence-electron chi connectivity index (χ3n) is 10.2. The van der Waals surface area contributed by atoms with E-state index in [4.69, 9.17) is 9.47 Å². The molecule has 0 aromatic heterocycles. The molecular formula is C47H78N2O4. The predicted octanol–water partition coefficient (Wildman–Crippen LogP) is 13.3. The number of anilines is 2. The van der Waals surface area contributed by atoms with Gasteiger partial charge in [-0.1, -0.05) is 155 Å². The van der Waals surface area contributed by atoms with Gasteiger partial charge in [-0.15, -0.1) is 0 Å². The van der Waals surface area contributed by atoms with Gasteiger partial charge in [-0.05, 0) is 80.6 Å². The van der Waals surface area contributed by atoms with Crippen molar-refractivity contribution < 1.29 is 9.47 Å². The minimum atomic E-state index is -0.0239. The Kier molecular flexibility index (Phi) is 29.2.